The summed E-state index contributed by atoms with van der Waals surface area (Å²) >= 11 is 0. The second kappa shape index (κ2) is 5.10. The Morgan fingerprint density at radius 2 is 2.44 bits per heavy atom. The highest BCUT2D eigenvalue weighted by atomic mass is 16.5. The van der Waals surface area contributed by atoms with Crippen LogP contribution in [0.4, 0.5) is 0 Å². The van der Waals surface area contributed by atoms with Crippen molar-refractivity contribution in [3.63, 3.8) is 0 Å². The van der Waals surface area contributed by atoms with E-state index < -0.39 is 0 Å². The van der Waals surface area contributed by atoms with Crippen LogP contribution in [0, 0.1) is 6.57 Å². The largest absolute Gasteiger partial charge is 0.469 e. The number of ether oxygens (including phenoxy) is 1. The van der Waals surface area contributed by atoms with E-state index in [-0.39, 0.29) is 5.97 Å². The third-order valence-corrected chi connectivity index (χ3v) is 0.878. The zero-order chi connectivity index (χ0) is 7.11. The predicted molar refractivity (Wildman–Crippen MR) is 32.7 cm³/mol. The molecule has 0 aliphatic carbocycles. The quantitative estimate of drug-likeness (QED) is 0.320. The van der Waals surface area contributed by atoms with Gasteiger partial charge in [0, 0.05) is 6.42 Å². The average molecular weight is 127 g/mol. The number of methoxy groups -OCH3 is 1. The van der Waals surface area contributed by atoms with Gasteiger partial charge >= 0.3 is 5.97 Å². The monoisotopic (exact) mass is 127 g/mol. The summed E-state index contributed by atoms with van der Waals surface area (Å²) in [5.41, 5.74) is 0. The number of nitrogens with zero attached hydrogens (tertiary/aromatic N) is 1. The SMILES string of the molecule is [C-]#[N+]CCCC(=O)OC. The molecule has 0 rings (SSSR count). The molecule has 50 valence electrons. The summed E-state index contributed by atoms with van der Waals surface area (Å²) in [4.78, 5) is 13.4. The van der Waals surface area contributed by atoms with Crippen molar-refractivity contribution in [2.24, 2.45) is 0 Å². The number of hydrogen-bond donors (Lipinski definition) is 0. The maximum absolute atomic E-state index is 10.4. The zero-order valence-electron chi connectivity index (χ0n) is 5.39. The maximum Gasteiger partial charge on any atom is 0.305 e. The molecule has 0 fully saturated rings. The molecule has 0 saturated heterocycles. The lowest BCUT2D eigenvalue weighted by molar-refractivity contribution is -0.140. The second-order valence-electron chi connectivity index (χ2n) is 1.56. The van der Waals surface area contributed by atoms with Crippen molar-refractivity contribution in [1.29, 1.82) is 0 Å². The third kappa shape index (κ3) is 4.82. The van der Waals surface area contributed by atoms with Crippen molar-refractivity contribution in [3.05, 3.63) is 11.4 Å². The first-order chi connectivity index (χ1) is 4.31. The van der Waals surface area contributed by atoms with Gasteiger partial charge in [-0.3, -0.25) is 4.79 Å². The van der Waals surface area contributed by atoms with E-state index >= 15 is 0 Å². The van der Waals surface area contributed by atoms with Gasteiger partial charge in [-0.2, -0.15) is 0 Å². The molecule has 0 radical (unpaired) electrons. The summed E-state index contributed by atoms with van der Waals surface area (Å²) in [6.45, 7) is 6.79. The van der Waals surface area contributed by atoms with Crippen LogP contribution in [0.2, 0.25) is 0 Å². The summed E-state index contributed by atoms with van der Waals surface area (Å²) in [5.74, 6) is -0.237. The van der Waals surface area contributed by atoms with Gasteiger partial charge in [0.05, 0.1) is 13.5 Å². The van der Waals surface area contributed by atoms with E-state index in [1.807, 2.05) is 0 Å². The molecule has 0 aromatic carbocycles. The number of hydrogen-bond acceptors (Lipinski definition) is 2. The molecule has 0 aromatic rings. The Hall–Kier alpha value is -1.04. The average Bonchev–Trinajstić information content (AvgIpc) is 1.89. The van der Waals surface area contributed by atoms with Gasteiger partial charge in [-0.05, 0) is 0 Å². The minimum Gasteiger partial charge on any atom is -0.469 e. The van der Waals surface area contributed by atoms with E-state index in [0.29, 0.717) is 19.4 Å². The van der Waals surface area contributed by atoms with E-state index in [9.17, 15) is 4.79 Å². The standard InChI is InChI=1S/C6H9NO2/c1-7-5-3-4-6(8)9-2/h3-5H2,2H3. The van der Waals surface area contributed by atoms with Gasteiger partial charge < -0.3 is 9.58 Å². The Labute approximate surface area is 54.4 Å². The summed E-state index contributed by atoms with van der Waals surface area (Å²) in [7, 11) is 1.35. The van der Waals surface area contributed by atoms with Gasteiger partial charge in [-0.15, -0.1) is 0 Å². The minimum absolute atomic E-state index is 0.237. The molecule has 0 unspecified atom stereocenters. The molecule has 0 atom stereocenters. The van der Waals surface area contributed by atoms with E-state index in [1.165, 1.54) is 7.11 Å². The van der Waals surface area contributed by atoms with Crippen molar-refractivity contribution >= 4 is 5.97 Å². The van der Waals surface area contributed by atoms with Gasteiger partial charge in [0.15, 0.2) is 0 Å². The first kappa shape index (κ1) is 7.96. The van der Waals surface area contributed by atoms with Crippen LogP contribution >= 0.6 is 0 Å². The van der Waals surface area contributed by atoms with Crippen molar-refractivity contribution in [3.8, 4) is 0 Å². The predicted octanol–water partition coefficient (Wildman–Crippen LogP) is 0.859. The highest BCUT2D eigenvalue weighted by Gasteiger charge is 1.98. The van der Waals surface area contributed by atoms with Crippen LogP contribution < -0.4 is 0 Å². The fourth-order valence-electron chi connectivity index (χ4n) is 0.405. The molecule has 0 N–H and O–H groups in total. The molecular formula is C6H9NO2. The molecule has 0 spiro atoms. The molecule has 3 heteroatoms. The number of carbonyl (C=O) groups is 1. The van der Waals surface area contributed by atoms with E-state index in [2.05, 4.69) is 9.58 Å². The summed E-state index contributed by atoms with van der Waals surface area (Å²) in [6.07, 6.45) is 0.967. The van der Waals surface area contributed by atoms with Crippen LogP contribution in [0.15, 0.2) is 0 Å². The summed E-state index contributed by atoms with van der Waals surface area (Å²) in [5, 5.41) is 0. The van der Waals surface area contributed by atoms with Crippen LogP contribution in [-0.2, 0) is 9.53 Å². The van der Waals surface area contributed by atoms with Crippen LogP contribution in [0.5, 0.6) is 0 Å². The number of rotatable bonds is 3. The van der Waals surface area contributed by atoms with Crippen LogP contribution in [-0.4, -0.2) is 19.6 Å². The first-order valence-electron chi connectivity index (χ1n) is 2.71. The van der Waals surface area contributed by atoms with E-state index in [1.54, 1.807) is 0 Å². The Balaban J connectivity index is 3.09. The molecule has 0 amide bonds. The van der Waals surface area contributed by atoms with Crippen molar-refractivity contribution in [2.45, 2.75) is 12.8 Å². The van der Waals surface area contributed by atoms with Crippen LogP contribution in [0.3, 0.4) is 0 Å². The fraction of sp³-hybridized carbons (Fsp3) is 0.667. The van der Waals surface area contributed by atoms with Gasteiger partial charge in [0.1, 0.15) is 0 Å². The Morgan fingerprint density at radius 1 is 1.78 bits per heavy atom. The molecule has 0 heterocycles. The molecule has 0 saturated carbocycles. The number of carbonyl (C=O) groups excluding carboxylic acids is 1. The van der Waals surface area contributed by atoms with E-state index in [0.717, 1.165) is 0 Å². The number of esters is 1. The Morgan fingerprint density at radius 3 is 2.89 bits per heavy atom. The zero-order valence-corrected chi connectivity index (χ0v) is 5.39. The van der Waals surface area contributed by atoms with Gasteiger partial charge in [-0.25, -0.2) is 6.57 Å². The van der Waals surface area contributed by atoms with E-state index in [4.69, 9.17) is 6.57 Å². The second-order valence-corrected chi connectivity index (χ2v) is 1.56. The van der Waals surface area contributed by atoms with Crippen molar-refractivity contribution in [1.82, 2.24) is 0 Å². The normalized spacial score (nSPS) is 8.00. The van der Waals surface area contributed by atoms with Gasteiger partial charge in [0.25, 0.3) is 0 Å². The third-order valence-electron chi connectivity index (χ3n) is 0.878. The molecule has 0 aliphatic heterocycles. The smallest absolute Gasteiger partial charge is 0.305 e. The molecule has 0 bridgehead atoms. The van der Waals surface area contributed by atoms with Crippen LogP contribution in [0.1, 0.15) is 12.8 Å². The van der Waals surface area contributed by atoms with Crippen LogP contribution in [0.25, 0.3) is 4.85 Å². The minimum atomic E-state index is -0.237. The fourth-order valence-corrected chi connectivity index (χ4v) is 0.405. The van der Waals surface area contributed by atoms with Crippen molar-refractivity contribution < 1.29 is 9.53 Å². The molecule has 3 nitrogen and oxygen atoms in total. The lowest BCUT2D eigenvalue weighted by Gasteiger charge is -1.91. The lowest BCUT2D eigenvalue weighted by Crippen LogP contribution is -1.99. The first-order valence-corrected chi connectivity index (χ1v) is 2.71. The molecule has 0 aromatic heterocycles. The maximum atomic E-state index is 10.4. The summed E-state index contributed by atoms with van der Waals surface area (Å²) < 4.78 is 4.35. The topological polar surface area (TPSA) is 30.7 Å². The Bertz CT molecular complexity index is 126. The molecule has 9 heavy (non-hydrogen) atoms. The van der Waals surface area contributed by atoms with Crippen molar-refractivity contribution in [2.75, 3.05) is 13.7 Å². The lowest BCUT2D eigenvalue weighted by atomic mass is 10.3. The Kier molecular flexibility index (Phi) is 4.51. The summed E-state index contributed by atoms with van der Waals surface area (Å²) in [6, 6.07) is 0. The molecule has 0 aliphatic rings. The highest BCUT2D eigenvalue weighted by molar-refractivity contribution is 5.69. The van der Waals surface area contributed by atoms with Gasteiger partial charge in [-0.1, -0.05) is 0 Å². The highest BCUT2D eigenvalue weighted by Crippen LogP contribution is 1.90. The molecular weight excluding hydrogens is 118 g/mol. The van der Waals surface area contributed by atoms with Gasteiger partial charge in [0.2, 0.25) is 6.54 Å².